The highest BCUT2D eigenvalue weighted by Gasteiger charge is 2.22. The van der Waals surface area contributed by atoms with Gasteiger partial charge in [-0.25, -0.2) is 0 Å². The Morgan fingerprint density at radius 2 is 1.67 bits per heavy atom. The Labute approximate surface area is 139 Å². The van der Waals surface area contributed by atoms with Crippen LogP contribution in [0.25, 0.3) is 0 Å². The number of rotatable bonds is 6. The van der Waals surface area contributed by atoms with E-state index in [2.05, 4.69) is 0 Å². The fraction of sp³-hybridized carbons (Fsp3) is 0.176. The molecule has 2 rings (SSSR count). The summed E-state index contributed by atoms with van der Waals surface area (Å²) in [7, 11) is -3.82. The molecule has 0 saturated carbocycles. The van der Waals surface area contributed by atoms with Gasteiger partial charge in [0.1, 0.15) is 5.75 Å². The van der Waals surface area contributed by atoms with Crippen LogP contribution in [0, 0.1) is 0 Å². The number of hydrogen-bond acceptors (Lipinski definition) is 5. The summed E-state index contributed by atoms with van der Waals surface area (Å²) in [6.07, 6.45) is 0.866. The first-order valence-corrected chi connectivity index (χ1v) is 8.86. The van der Waals surface area contributed by atoms with Crippen molar-refractivity contribution in [2.75, 3.05) is 6.26 Å². The molecule has 1 N–H and O–H groups in total. The molecule has 0 heterocycles. The van der Waals surface area contributed by atoms with Crippen LogP contribution in [0.1, 0.15) is 34.3 Å². The lowest BCUT2D eigenvalue weighted by molar-refractivity contribution is -0.138. The van der Waals surface area contributed by atoms with Crippen LogP contribution in [0.4, 0.5) is 0 Å². The standard InChI is InChI=1S/C17H16O6S/c1-11(17(19)20)14-10-13(8-9-15(14)23-24(2,21)22)16(18)12-6-4-3-5-7-12/h3-11H,1-2H3,(H,19,20). The Hall–Kier alpha value is -2.67. The van der Waals surface area contributed by atoms with E-state index in [4.69, 9.17) is 4.18 Å². The van der Waals surface area contributed by atoms with Gasteiger partial charge >= 0.3 is 16.1 Å². The number of carbonyl (C=O) groups excluding carboxylic acids is 1. The lowest BCUT2D eigenvalue weighted by atomic mass is 9.95. The summed E-state index contributed by atoms with van der Waals surface area (Å²) in [6, 6.07) is 12.6. The molecule has 0 amide bonds. The van der Waals surface area contributed by atoms with Crippen molar-refractivity contribution < 1.29 is 27.3 Å². The highest BCUT2D eigenvalue weighted by molar-refractivity contribution is 7.86. The van der Waals surface area contributed by atoms with Gasteiger partial charge in [0.15, 0.2) is 5.78 Å². The second kappa shape index (κ2) is 6.84. The van der Waals surface area contributed by atoms with Gasteiger partial charge in [-0.1, -0.05) is 30.3 Å². The predicted octanol–water partition coefficient (Wildman–Crippen LogP) is 2.44. The van der Waals surface area contributed by atoms with Crippen LogP contribution in [0.15, 0.2) is 48.5 Å². The molecule has 0 bridgehead atoms. The maximum atomic E-state index is 12.5. The molecule has 0 aliphatic rings. The highest BCUT2D eigenvalue weighted by Crippen LogP contribution is 2.30. The average molecular weight is 348 g/mol. The molecule has 7 heteroatoms. The predicted molar refractivity (Wildman–Crippen MR) is 87.8 cm³/mol. The monoisotopic (exact) mass is 348 g/mol. The van der Waals surface area contributed by atoms with E-state index in [-0.39, 0.29) is 22.7 Å². The molecule has 1 unspecified atom stereocenters. The normalized spacial score (nSPS) is 12.4. The van der Waals surface area contributed by atoms with Gasteiger partial charge in [0.25, 0.3) is 0 Å². The second-order valence-corrected chi connectivity index (χ2v) is 6.87. The molecule has 0 aromatic heterocycles. The molecule has 6 nitrogen and oxygen atoms in total. The molecule has 0 aliphatic heterocycles. The van der Waals surface area contributed by atoms with E-state index in [1.54, 1.807) is 30.3 Å². The summed E-state index contributed by atoms with van der Waals surface area (Å²) in [5.41, 5.74) is 0.822. The van der Waals surface area contributed by atoms with Crippen molar-refractivity contribution >= 4 is 21.9 Å². The third-order valence-corrected chi connectivity index (χ3v) is 3.87. The van der Waals surface area contributed by atoms with Gasteiger partial charge in [0, 0.05) is 16.7 Å². The van der Waals surface area contributed by atoms with Gasteiger partial charge in [-0.2, -0.15) is 8.42 Å². The number of carboxylic acids is 1. The molecular weight excluding hydrogens is 332 g/mol. The van der Waals surface area contributed by atoms with Gasteiger partial charge in [0.2, 0.25) is 0 Å². The largest absolute Gasteiger partial charge is 0.481 e. The second-order valence-electron chi connectivity index (χ2n) is 5.30. The molecule has 0 fully saturated rings. The van der Waals surface area contributed by atoms with Crippen molar-refractivity contribution in [3.63, 3.8) is 0 Å². The Balaban J connectivity index is 2.51. The molecule has 1 atom stereocenters. The van der Waals surface area contributed by atoms with Gasteiger partial charge in [-0.3, -0.25) is 9.59 Å². The Morgan fingerprint density at radius 3 is 2.21 bits per heavy atom. The zero-order valence-electron chi connectivity index (χ0n) is 13.1. The number of hydrogen-bond donors (Lipinski definition) is 1. The van der Waals surface area contributed by atoms with Crippen LogP contribution in [-0.4, -0.2) is 31.5 Å². The molecule has 0 aliphatic carbocycles. The Kier molecular flexibility index (Phi) is 5.04. The SMILES string of the molecule is CC(C(=O)O)c1cc(C(=O)c2ccccc2)ccc1OS(C)(=O)=O. The first-order chi connectivity index (χ1) is 11.2. The number of aliphatic carboxylic acids is 1. The maximum Gasteiger partial charge on any atom is 0.310 e. The van der Waals surface area contributed by atoms with Gasteiger partial charge in [-0.15, -0.1) is 0 Å². The van der Waals surface area contributed by atoms with Crippen molar-refractivity contribution in [2.24, 2.45) is 0 Å². The summed E-state index contributed by atoms with van der Waals surface area (Å²) < 4.78 is 27.5. The minimum absolute atomic E-state index is 0.1000. The third kappa shape index (κ3) is 4.20. The van der Waals surface area contributed by atoms with Gasteiger partial charge < -0.3 is 9.29 Å². The molecular formula is C17H16O6S. The highest BCUT2D eigenvalue weighted by atomic mass is 32.2. The molecule has 0 spiro atoms. The van der Waals surface area contributed by atoms with Crippen LogP contribution in [0.5, 0.6) is 5.75 Å². The molecule has 126 valence electrons. The number of benzene rings is 2. The van der Waals surface area contributed by atoms with E-state index in [1.807, 2.05) is 0 Å². The van der Waals surface area contributed by atoms with Crippen LogP contribution in [0.3, 0.4) is 0 Å². The smallest absolute Gasteiger partial charge is 0.310 e. The summed E-state index contributed by atoms with van der Waals surface area (Å²) in [5, 5.41) is 9.21. The van der Waals surface area contributed by atoms with Crippen molar-refractivity contribution in [2.45, 2.75) is 12.8 Å². The summed E-state index contributed by atoms with van der Waals surface area (Å²) in [5.74, 6) is -2.58. The van der Waals surface area contributed by atoms with E-state index in [0.717, 1.165) is 6.26 Å². The number of carboxylic acid groups (broad SMARTS) is 1. The summed E-state index contributed by atoms with van der Waals surface area (Å²) in [4.78, 5) is 23.8. The maximum absolute atomic E-state index is 12.5. The third-order valence-electron chi connectivity index (χ3n) is 3.39. The molecule has 24 heavy (non-hydrogen) atoms. The summed E-state index contributed by atoms with van der Waals surface area (Å²) in [6.45, 7) is 1.39. The first-order valence-electron chi connectivity index (χ1n) is 7.05. The molecule has 2 aromatic rings. The zero-order chi connectivity index (χ0) is 17.9. The van der Waals surface area contributed by atoms with Gasteiger partial charge in [-0.05, 0) is 25.1 Å². The fourth-order valence-electron chi connectivity index (χ4n) is 2.16. The molecule has 2 aromatic carbocycles. The topological polar surface area (TPSA) is 97.7 Å². The van der Waals surface area contributed by atoms with Crippen LogP contribution < -0.4 is 4.18 Å². The van der Waals surface area contributed by atoms with Gasteiger partial charge in [0.05, 0.1) is 12.2 Å². The van der Waals surface area contributed by atoms with Crippen LogP contribution in [0.2, 0.25) is 0 Å². The molecule has 0 radical (unpaired) electrons. The first kappa shape index (κ1) is 17.7. The Bertz CT molecular complexity index is 871. The number of ketones is 1. The van der Waals surface area contributed by atoms with Crippen LogP contribution in [-0.2, 0) is 14.9 Å². The quantitative estimate of drug-likeness (QED) is 0.636. The molecule has 0 saturated heterocycles. The zero-order valence-corrected chi connectivity index (χ0v) is 13.9. The van der Waals surface area contributed by atoms with Crippen molar-refractivity contribution in [1.29, 1.82) is 0 Å². The van der Waals surface area contributed by atoms with E-state index >= 15 is 0 Å². The van der Waals surface area contributed by atoms with E-state index in [1.165, 1.54) is 25.1 Å². The Morgan fingerprint density at radius 1 is 1.04 bits per heavy atom. The minimum Gasteiger partial charge on any atom is -0.481 e. The average Bonchev–Trinajstić information content (AvgIpc) is 2.53. The number of carbonyl (C=O) groups is 2. The lowest BCUT2D eigenvalue weighted by Crippen LogP contribution is -2.14. The fourth-order valence-corrected chi connectivity index (χ4v) is 2.63. The minimum atomic E-state index is -3.82. The van der Waals surface area contributed by atoms with Crippen molar-refractivity contribution in [3.8, 4) is 5.75 Å². The summed E-state index contributed by atoms with van der Waals surface area (Å²) >= 11 is 0. The lowest BCUT2D eigenvalue weighted by Gasteiger charge is -2.14. The van der Waals surface area contributed by atoms with Crippen molar-refractivity contribution in [3.05, 3.63) is 65.2 Å². The van der Waals surface area contributed by atoms with E-state index in [9.17, 15) is 23.1 Å². The van der Waals surface area contributed by atoms with E-state index < -0.39 is 22.0 Å². The van der Waals surface area contributed by atoms with E-state index in [0.29, 0.717) is 5.56 Å². The van der Waals surface area contributed by atoms with Crippen molar-refractivity contribution in [1.82, 2.24) is 0 Å². The van der Waals surface area contributed by atoms with Crippen LogP contribution >= 0.6 is 0 Å².